The van der Waals surface area contributed by atoms with Crippen molar-refractivity contribution >= 4 is 48.4 Å². The van der Waals surface area contributed by atoms with E-state index in [4.69, 9.17) is 20.5 Å². The van der Waals surface area contributed by atoms with Gasteiger partial charge in [-0.15, -0.1) is 0 Å². The molecule has 0 N–H and O–H groups in total. The van der Waals surface area contributed by atoms with Crippen molar-refractivity contribution in [2.24, 2.45) is 0 Å². The van der Waals surface area contributed by atoms with Gasteiger partial charge in [-0.1, -0.05) is 27.5 Å². The lowest BCUT2D eigenvalue weighted by Gasteiger charge is -2.34. The summed E-state index contributed by atoms with van der Waals surface area (Å²) in [6, 6.07) is 5.51. The number of pyridine rings is 1. The number of hydrogen-bond acceptors (Lipinski definition) is 5. The van der Waals surface area contributed by atoms with Gasteiger partial charge in [-0.2, -0.15) is 8.42 Å². The smallest absolute Gasteiger partial charge is 0.264 e. The zero-order chi connectivity index (χ0) is 15.9. The highest BCUT2D eigenvalue weighted by Crippen LogP contribution is 2.36. The van der Waals surface area contributed by atoms with E-state index in [0.717, 1.165) is 21.5 Å². The van der Waals surface area contributed by atoms with Crippen LogP contribution in [0, 0.1) is 0 Å². The number of hydrogen-bond donors (Lipinski definition) is 0. The van der Waals surface area contributed by atoms with E-state index in [2.05, 4.69) is 20.9 Å². The van der Waals surface area contributed by atoms with E-state index in [1.165, 1.54) is 0 Å². The minimum absolute atomic E-state index is 0.0631. The number of aromatic nitrogens is 1. The van der Waals surface area contributed by atoms with Gasteiger partial charge in [-0.05, 0) is 18.2 Å². The quantitative estimate of drug-likeness (QED) is 0.574. The number of nitrogens with zero attached hydrogens (tertiary/aromatic N) is 1. The summed E-state index contributed by atoms with van der Waals surface area (Å²) in [6.07, 6.45) is 3.46. The van der Waals surface area contributed by atoms with Crippen LogP contribution in [-0.2, 0) is 14.3 Å². The molecule has 118 valence electrons. The van der Waals surface area contributed by atoms with Gasteiger partial charge in [0.05, 0.1) is 12.4 Å². The summed E-state index contributed by atoms with van der Waals surface area (Å²) in [5, 5.41) is 2.18. The predicted molar refractivity (Wildman–Crippen MR) is 87.8 cm³/mol. The van der Waals surface area contributed by atoms with Crippen molar-refractivity contribution < 1.29 is 17.3 Å². The molecular weight excluding hydrogens is 394 g/mol. The highest BCUT2D eigenvalue weighted by molar-refractivity contribution is 9.10. The molecule has 22 heavy (non-hydrogen) atoms. The molecule has 0 radical (unpaired) electrons. The minimum Gasteiger partial charge on any atom is -0.490 e. The Morgan fingerprint density at radius 1 is 1.27 bits per heavy atom. The highest BCUT2D eigenvalue weighted by atomic mass is 79.9. The van der Waals surface area contributed by atoms with Crippen LogP contribution >= 0.6 is 27.5 Å². The summed E-state index contributed by atoms with van der Waals surface area (Å²) in [5.74, 6) is 0.699. The fourth-order valence-corrected chi connectivity index (χ4v) is 3.64. The lowest BCUT2D eigenvalue weighted by atomic mass is 9.92. The second-order valence-electron chi connectivity index (χ2n) is 5.23. The molecule has 0 bridgehead atoms. The minimum atomic E-state index is -3.41. The van der Waals surface area contributed by atoms with Crippen LogP contribution in [0.25, 0.3) is 10.8 Å². The van der Waals surface area contributed by atoms with Gasteiger partial charge in [-0.25, -0.2) is 4.98 Å². The lowest BCUT2D eigenvalue weighted by Crippen LogP contribution is -2.40. The molecule has 1 aliphatic rings. The van der Waals surface area contributed by atoms with Gasteiger partial charge in [-0.3, -0.25) is 4.18 Å². The third kappa shape index (κ3) is 3.53. The predicted octanol–water partition coefficient (Wildman–Crippen LogP) is 3.54. The molecule has 3 rings (SSSR count). The molecule has 1 saturated carbocycles. The van der Waals surface area contributed by atoms with Crippen LogP contribution in [0.5, 0.6) is 5.75 Å². The molecule has 1 heterocycles. The molecule has 1 aromatic heterocycles. The van der Waals surface area contributed by atoms with Crippen LogP contribution < -0.4 is 4.74 Å². The summed E-state index contributed by atoms with van der Waals surface area (Å²) < 4.78 is 33.9. The van der Waals surface area contributed by atoms with Gasteiger partial charge in [0.1, 0.15) is 17.0 Å². The number of benzene rings is 1. The van der Waals surface area contributed by atoms with Crippen LogP contribution in [0.2, 0.25) is 5.15 Å². The molecule has 1 aromatic carbocycles. The van der Waals surface area contributed by atoms with Crippen LogP contribution in [-0.4, -0.2) is 31.9 Å². The lowest BCUT2D eigenvalue weighted by molar-refractivity contribution is 0.00966. The van der Waals surface area contributed by atoms with Gasteiger partial charge < -0.3 is 4.74 Å². The Hall–Kier alpha value is -0.890. The van der Waals surface area contributed by atoms with Crippen molar-refractivity contribution in [1.29, 1.82) is 0 Å². The van der Waals surface area contributed by atoms with Crippen molar-refractivity contribution in [1.82, 2.24) is 4.98 Å². The maximum atomic E-state index is 11.1. The molecule has 2 aromatic rings. The first-order valence-corrected chi connectivity index (χ1v) is 9.59. The summed E-state index contributed by atoms with van der Waals surface area (Å²) >= 11 is 9.40. The Morgan fingerprint density at radius 2 is 2.00 bits per heavy atom. The van der Waals surface area contributed by atoms with Crippen molar-refractivity contribution in [3.8, 4) is 5.75 Å². The molecule has 0 amide bonds. The zero-order valence-electron chi connectivity index (χ0n) is 11.6. The van der Waals surface area contributed by atoms with Crippen LogP contribution in [0.15, 0.2) is 28.9 Å². The second-order valence-corrected chi connectivity index (χ2v) is 8.07. The number of halogens is 2. The monoisotopic (exact) mass is 405 g/mol. The highest BCUT2D eigenvalue weighted by Gasteiger charge is 2.34. The van der Waals surface area contributed by atoms with Crippen molar-refractivity contribution in [2.75, 3.05) is 6.26 Å². The third-order valence-corrected chi connectivity index (χ3v) is 4.95. The molecule has 0 aliphatic heterocycles. The van der Waals surface area contributed by atoms with Gasteiger partial charge >= 0.3 is 0 Å². The van der Waals surface area contributed by atoms with E-state index in [0.29, 0.717) is 23.7 Å². The Morgan fingerprint density at radius 3 is 2.68 bits per heavy atom. The van der Waals surface area contributed by atoms with Crippen molar-refractivity contribution in [2.45, 2.75) is 25.0 Å². The van der Waals surface area contributed by atoms with Crippen LogP contribution in [0.4, 0.5) is 0 Å². The molecule has 1 aliphatic carbocycles. The molecule has 8 heteroatoms. The first kappa shape index (κ1) is 16.0. The van der Waals surface area contributed by atoms with E-state index in [1.54, 1.807) is 12.3 Å². The first-order valence-electron chi connectivity index (χ1n) is 6.60. The Bertz CT molecular complexity index is 821. The SMILES string of the molecule is CS(=O)(=O)OC1CC(Oc2ccc(Br)c3cc(Cl)ncc23)C1. The Labute approximate surface area is 141 Å². The normalized spacial score (nSPS) is 21.6. The summed E-state index contributed by atoms with van der Waals surface area (Å²) in [6.45, 7) is 0. The zero-order valence-corrected chi connectivity index (χ0v) is 14.8. The van der Waals surface area contributed by atoms with Crippen molar-refractivity contribution in [3.05, 3.63) is 34.0 Å². The van der Waals surface area contributed by atoms with E-state index in [1.807, 2.05) is 12.1 Å². The summed E-state index contributed by atoms with van der Waals surface area (Å²) in [7, 11) is -3.41. The topological polar surface area (TPSA) is 65.5 Å². The largest absolute Gasteiger partial charge is 0.490 e. The van der Waals surface area contributed by atoms with Gasteiger partial charge in [0.25, 0.3) is 10.1 Å². The van der Waals surface area contributed by atoms with Crippen molar-refractivity contribution in [3.63, 3.8) is 0 Å². The van der Waals surface area contributed by atoms with E-state index >= 15 is 0 Å². The molecule has 0 spiro atoms. The number of ether oxygens (including phenoxy) is 1. The molecule has 0 atom stereocenters. The first-order chi connectivity index (χ1) is 10.3. The third-order valence-electron chi connectivity index (χ3n) is 3.43. The average molecular weight is 407 g/mol. The van der Waals surface area contributed by atoms with Gasteiger partial charge in [0, 0.05) is 34.3 Å². The molecule has 0 unspecified atom stereocenters. The Balaban J connectivity index is 1.75. The summed E-state index contributed by atoms with van der Waals surface area (Å²) in [4.78, 5) is 4.08. The fraction of sp³-hybridized carbons (Fsp3) is 0.357. The van der Waals surface area contributed by atoms with Gasteiger partial charge in [0.15, 0.2) is 0 Å². The summed E-state index contributed by atoms with van der Waals surface area (Å²) in [5.41, 5.74) is 0. The fourth-order valence-electron chi connectivity index (χ4n) is 2.37. The van der Waals surface area contributed by atoms with Gasteiger partial charge in [0.2, 0.25) is 0 Å². The van der Waals surface area contributed by atoms with E-state index in [9.17, 15) is 8.42 Å². The molecule has 5 nitrogen and oxygen atoms in total. The average Bonchev–Trinajstić information content (AvgIpc) is 2.38. The molecular formula is C14H13BrClNO4S. The second kappa shape index (κ2) is 5.96. The van der Waals surface area contributed by atoms with Crippen LogP contribution in [0.3, 0.4) is 0 Å². The van der Waals surface area contributed by atoms with E-state index in [-0.39, 0.29) is 12.2 Å². The Kier molecular flexibility index (Phi) is 4.33. The maximum absolute atomic E-state index is 11.1. The molecule has 0 saturated heterocycles. The van der Waals surface area contributed by atoms with E-state index < -0.39 is 10.1 Å². The number of fused-ring (bicyclic) bond motifs is 1. The standard InChI is InChI=1S/C14H13BrClNO4S/c1-22(18,19)21-9-4-8(5-9)20-13-3-2-12(15)10-6-14(16)17-7-11(10)13/h2-3,6-9H,4-5H2,1H3. The number of rotatable bonds is 4. The van der Waals surface area contributed by atoms with Crippen LogP contribution in [0.1, 0.15) is 12.8 Å². The maximum Gasteiger partial charge on any atom is 0.264 e. The molecule has 1 fully saturated rings.